The first kappa shape index (κ1) is 15.8. The van der Waals surface area contributed by atoms with Crippen molar-refractivity contribution in [1.82, 2.24) is 0 Å². The van der Waals surface area contributed by atoms with Crippen molar-refractivity contribution in [2.75, 3.05) is 0 Å². The van der Waals surface area contributed by atoms with Crippen LogP contribution in [0.15, 0.2) is 0 Å². The van der Waals surface area contributed by atoms with Crippen LogP contribution in [0.2, 0.25) is 0 Å². The number of halogens is 1. The Bertz CT molecular complexity index is 43.0. The van der Waals surface area contributed by atoms with Crippen molar-refractivity contribution in [3.05, 3.63) is 0 Å². The molecule has 4 N–H and O–H groups in total. The first-order chi connectivity index (χ1) is 1.73. The predicted octanol–water partition coefficient (Wildman–Crippen LogP) is -0.710. The minimum absolute atomic E-state index is 0. The number of hydrogen-bond donors (Lipinski definition) is 2. The van der Waals surface area contributed by atoms with E-state index in [1.54, 1.807) is 0 Å². The van der Waals surface area contributed by atoms with Gasteiger partial charge >= 0.3 is 43.8 Å². The Morgan fingerprint density at radius 2 is 1.50 bits per heavy atom. The van der Waals surface area contributed by atoms with E-state index < -0.39 is 6.03 Å². The van der Waals surface area contributed by atoms with Gasteiger partial charge in [0.05, 0.1) is 0 Å². The standard InChI is InChI=1S/CH4N2O.Ca.ClH.2H/c2-1(3)4;;;;/h(H4,2,3,4);;1H;;/q;+2;;2*-1. The molecule has 0 bridgehead atoms. The van der Waals surface area contributed by atoms with E-state index in [2.05, 4.69) is 11.5 Å². The van der Waals surface area contributed by atoms with E-state index in [4.69, 9.17) is 4.79 Å². The summed E-state index contributed by atoms with van der Waals surface area (Å²) in [5, 5.41) is 0. The fourth-order valence-corrected chi connectivity index (χ4v) is 0. The molecule has 0 rings (SSSR count). The zero-order valence-electron chi connectivity index (χ0n) is 5.18. The van der Waals surface area contributed by atoms with Gasteiger partial charge in [-0.25, -0.2) is 4.79 Å². The van der Waals surface area contributed by atoms with Gasteiger partial charge < -0.3 is 14.3 Å². The first-order valence-corrected chi connectivity index (χ1v) is 0.781. The van der Waals surface area contributed by atoms with Crippen molar-refractivity contribution in [3.63, 3.8) is 0 Å². The molecule has 0 unspecified atom stereocenters. The van der Waals surface area contributed by atoms with Gasteiger partial charge in [-0.05, 0) is 0 Å². The Balaban J connectivity index is -0.00000000750. The van der Waals surface area contributed by atoms with E-state index in [9.17, 15) is 0 Å². The number of carbonyl (C=O) groups excluding carboxylic acids is 1. The number of primary amides is 2. The van der Waals surface area contributed by atoms with Crippen LogP contribution in [0.1, 0.15) is 2.85 Å². The van der Waals surface area contributed by atoms with Crippen LogP contribution >= 0.6 is 12.4 Å². The van der Waals surface area contributed by atoms with Crippen molar-refractivity contribution in [1.29, 1.82) is 0 Å². The summed E-state index contributed by atoms with van der Waals surface area (Å²) in [6, 6.07) is -0.833. The molecule has 0 atom stereocenters. The van der Waals surface area contributed by atoms with Crippen LogP contribution in [0.5, 0.6) is 0 Å². The second kappa shape index (κ2) is 9.27. The van der Waals surface area contributed by atoms with Crippen molar-refractivity contribution >= 4 is 56.2 Å². The van der Waals surface area contributed by atoms with E-state index in [1.807, 2.05) is 0 Å². The van der Waals surface area contributed by atoms with Gasteiger partial charge in [0.15, 0.2) is 0 Å². The Labute approximate surface area is 74.8 Å². The monoisotopic (exact) mass is 138 g/mol. The molecule has 2 amide bonds. The normalized spacial score (nSPS) is 4.00. The number of nitrogens with two attached hydrogens (primary N) is 2. The first-order valence-electron chi connectivity index (χ1n) is 0.781. The third kappa shape index (κ3) is 105. The zero-order valence-corrected chi connectivity index (χ0v) is 6.20. The maximum atomic E-state index is 9.00. The summed E-state index contributed by atoms with van der Waals surface area (Å²) in [6.07, 6.45) is 0. The molecule has 0 aromatic carbocycles. The summed E-state index contributed by atoms with van der Waals surface area (Å²) in [4.78, 5) is 9.00. The van der Waals surface area contributed by atoms with Gasteiger partial charge in [-0.3, -0.25) is 0 Å². The van der Waals surface area contributed by atoms with Gasteiger partial charge in [-0.2, -0.15) is 0 Å². The second-order valence-electron chi connectivity index (χ2n) is 0.402. The molecule has 0 spiro atoms. The smallest absolute Gasteiger partial charge is 1.00 e. The summed E-state index contributed by atoms with van der Waals surface area (Å²) >= 11 is 0. The molecule has 0 heterocycles. The van der Waals surface area contributed by atoms with Gasteiger partial charge in [0, 0.05) is 0 Å². The van der Waals surface area contributed by atoms with Crippen molar-refractivity contribution < 1.29 is 7.65 Å². The Hall–Kier alpha value is 0.820. The Morgan fingerprint density at radius 1 is 1.50 bits per heavy atom. The molecular weight excluding hydrogens is 132 g/mol. The molecule has 0 aromatic heterocycles. The molecule has 0 aliphatic carbocycles. The molecule has 0 saturated carbocycles. The van der Waals surface area contributed by atoms with Crippen LogP contribution in [-0.2, 0) is 0 Å². The maximum Gasteiger partial charge on any atom is 2.00 e. The topological polar surface area (TPSA) is 69.1 Å². The second-order valence-corrected chi connectivity index (χ2v) is 0.402. The van der Waals surface area contributed by atoms with Gasteiger partial charge in [0.25, 0.3) is 0 Å². The minimum atomic E-state index is -0.833. The molecule has 0 aromatic rings. The van der Waals surface area contributed by atoms with E-state index in [-0.39, 0.29) is 53.0 Å². The largest absolute Gasteiger partial charge is 2.00 e. The third-order valence-corrected chi connectivity index (χ3v) is 0. The molecule has 0 saturated heterocycles. The third-order valence-electron chi connectivity index (χ3n) is 0. The summed E-state index contributed by atoms with van der Waals surface area (Å²) in [5.41, 5.74) is 8.50. The quantitative estimate of drug-likeness (QED) is 0.427. The summed E-state index contributed by atoms with van der Waals surface area (Å²) in [6.45, 7) is 0. The number of rotatable bonds is 0. The fourth-order valence-electron chi connectivity index (χ4n) is 0. The predicted molar refractivity (Wildman–Crippen MR) is 29.0 cm³/mol. The molecule has 0 fully saturated rings. The zero-order chi connectivity index (χ0) is 3.58. The molecule has 0 aliphatic rings. The average molecular weight is 139 g/mol. The molecule has 0 radical (unpaired) electrons. The minimum Gasteiger partial charge on any atom is -1.00 e. The maximum absolute atomic E-state index is 9.00. The van der Waals surface area contributed by atoms with Gasteiger partial charge in [-0.15, -0.1) is 12.4 Å². The van der Waals surface area contributed by atoms with E-state index in [0.717, 1.165) is 0 Å². The van der Waals surface area contributed by atoms with Crippen LogP contribution in [0.25, 0.3) is 0 Å². The molecule has 5 heteroatoms. The number of hydrogen-bond acceptors (Lipinski definition) is 1. The fraction of sp³-hybridized carbons (Fsp3) is 0. The number of amides is 2. The van der Waals surface area contributed by atoms with E-state index in [1.165, 1.54) is 0 Å². The van der Waals surface area contributed by atoms with Crippen LogP contribution in [0, 0.1) is 0 Å². The van der Waals surface area contributed by atoms with Gasteiger partial charge in [-0.1, -0.05) is 0 Å². The number of urea groups is 1. The van der Waals surface area contributed by atoms with Gasteiger partial charge in [0.2, 0.25) is 0 Å². The van der Waals surface area contributed by atoms with Crippen LogP contribution < -0.4 is 11.5 Å². The van der Waals surface area contributed by atoms with Crippen LogP contribution in [0.3, 0.4) is 0 Å². The Kier molecular flexibility index (Phi) is 24.4. The SMILES string of the molecule is Cl.NC(N)=O.[Ca+2].[H-].[H-]. The average Bonchev–Trinajstić information content (AvgIpc) is 0.811. The molecular formula is CH7CaClN2O. The van der Waals surface area contributed by atoms with Crippen molar-refractivity contribution in [2.45, 2.75) is 0 Å². The summed E-state index contributed by atoms with van der Waals surface area (Å²) in [5.74, 6) is 0. The Morgan fingerprint density at radius 3 is 1.50 bits per heavy atom. The molecule has 3 nitrogen and oxygen atoms in total. The number of carbonyl (C=O) groups is 1. The molecule has 36 valence electrons. The summed E-state index contributed by atoms with van der Waals surface area (Å²) in [7, 11) is 0. The van der Waals surface area contributed by atoms with Crippen molar-refractivity contribution in [2.24, 2.45) is 11.5 Å². The molecule has 6 heavy (non-hydrogen) atoms. The van der Waals surface area contributed by atoms with E-state index in [0.29, 0.717) is 0 Å². The summed E-state index contributed by atoms with van der Waals surface area (Å²) < 4.78 is 0. The van der Waals surface area contributed by atoms with Gasteiger partial charge in [0.1, 0.15) is 0 Å². The van der Waals surface area contributed by atoms with Crippen LogP contribution in [0.4, 0.5) is 4.79 Å². The molecule has 0 aliphatic heterocycles. The van der Waals surface area contributed by atoms with Crippen LogP contribution in [-0.4, -0.2) is 43.8 Å². The van der Waals surface area contributed by atoms with E-state index >= 15 is 0 Å². The van der Waals surface area contributed by atoms with Crippen molar-refractivity contribution in [3.8, 4) is 0 Å².